The molecule has 0 spiro atoms. The van der Waals surface area contributed by atoms with E-state index in [9.17, 15) is 20.1 Å². The fourth-order valence-electron chi connectivity index (χ4n) is 3.60. The van der Waals surface area contributed by atoms with Crippen LogP contribution in [0.15, 0.2) is 54.7 Å². The third-order valence-electron chi connectivity index (χ3n) is 5.38. The number of fused-ring (bicyclic) bond motifs is 1. The fourth-order valence-corrected chi connectivity index (χ4v) is 3.60. The highest BCUT2D eigenvalue weighted by Crippen LogP contribution is 2.29. The molecule has 1 saturated heterocycles. The van der Waals surface area contributed by atoms with E-state index in [1.807, 2.05) is 36.4 Å². The molecule has 0 radical (unpaired) electrons. The van der Waals surface area contributed by atoms with Crippen LogP contribution >= 0.6 is 0 Å². The molecular weight excluding hydrogens is 418 g/mol. The van der Waals surface area contributed by atoms with Gasteiger partial charge in [-0.15, -0.1) is 0 Å². The van der Waals surface area contributed by atoms with E-state index < -0.39 is 36.7 Å². The van der Waals surface area contributed by atoms with Crippen molar-refractivity contribution in [3.8, 4) is 5.75 Å². The summed E-state index contributed by atoms with van der Waals surface area (Å²) in [7, 11) is 1.30. The van der Waals surface area contributed by atoms with Crippen LogP contribution in [0.1, 0.15) is 15.9 Å². The molecule has 0 aliphatic carbocycles. The number of aliphatic hydroxyl groups excluding tert-OH is 3. The maximum atomic E-state index is 12.7. The van der Waals surface area contributed by atoms with Crippen molar-refractivity contribution in [3.05, 3.63) is 65.9 Å². The topological polar surface area (TPSA) is 130 Å². The Hall–Kier alpha value is -2.95. The Bertz CT molecular complexity index is 1050. The predicted octanol–water partition coefficient (Wildman–Crippen LogP) is 1.36. The van der Waals surface area contributed by atoms with Crippen molar-refractivity contribution in [2.24, 2.45) is 0 Å². The SMILES string of the molecule is CO[C@@H]1O[C@H](COC(=O)c2cc(OCc3ccccc3)c3cc[nH]c3c2)[C@@H](O)[C@H](O)[C@H]1O. The molecule has 9 nitrogen and oxygen atoms in total. The molecular formula is C23H25NO8. The lowest BCUT2D eigenvalue weighted by Gasteiger charge is -2.39. The number of aromatic amines is 1. The minimum Gasteiger partial charge on any atom is -0.488 e. The standard InChI is InChI=1S/C23H25NO8/c1-29-23-21(27)20(26)19(25)18(32-23)12-31-22(28)14-9-16-15(7-8-24-16)17(10-14)30-11-13-5-3-2-4-6-13/h2-10,18-21,23-27H,11-12H2,1H3/t18-,19-,20+,21-,23-/m1/s1. The Kier molecular flexibility index (Phi) is 6.73. The Morgan fingerprint density at radius 2 is 1.84 bits per heavy atom. The van der Waals surface area contributed by atoms with Gasteiger partial charge in [0.05, 0.1) is 5.56 Å². The van der Waals surface area contributed by atoms with Gasteiger partial charge in [-0.2, -0.15) is 0 Å². The van der Waals surface area contributed by atoms with Crippen molar-refractivity contribution in [2.75, 3.05) is 13.7 Å². The smallest absolute Gasteiger partial charge is 0.338 e. The van der Waals surface area contributed by atoms with Crippen LogP contribution in [0, 0.1) is 0 Å². The van der Waals surface area contributed by atoms with Crippen LogP contribution < -0.4 is 4.74 Å². The number of hydrogen-bond donors (Lipinski definition) is 4. The molecule has 0 unspecified atom stereocenters. The monoisotopic (exact) mass is 443 g/mol. The summed E-state index contributed by atoms with van der Waals surface area (Å²) >= 11 is 0. The molecule has 4 N–H and O–H groups in total. The molecule has 0 bridgehead atoms. The third kappa shape index (κ3) is 4.62. The summed E-state index contributed by atoms with van der Waals surface area (Å²) in [4.78, 5) is 15.8. The zero-order valence-electron chi connectivity index (χ0n) is 17.4. The zero-order chi connectivity index (χ0) is 22.7. The minimum atomic E-state index is -1.49. The van der Waals surface area contributed by atoms with E-state index in [0.29, 0.717) is 17.9 Å². The molecule has 2 heterocycles. The van der Waals surface area contributed by atoms with Gasteiger partial charge in [0.15, 0.2) is 6.29 Å². The third-order valence-corrected chi connectivity index (χ3v) is 5.38. The van der Waals surface area contributed by atoms with Gasteiger partial charge in [-0.05, 0) is 23.8 Å². The summed E-state index contributed by atoms with van der Waals surface area (Å²) in [5, 5.41) is 30.8. The van der Waals surface area contributed by atoms with Crippen LogP contribution in [0.5, 0.6) is 5.75 Å². The van der Waals surface area contributed by atoms with Crippen LogP contribution in [0.3, 0.4) is 0 Å². The van der Waals surface area contributed by atoms with E-state index in [1.54, 1.807) is 18.3 Å². The van der Waals surface area contributed by atoms with E-state index in [-0.39, 0.29) is 12.2 Å². The van der Waals surface area contributed by atoms with Crippen molar-refractivity contribution in [2.45, 2.75) is 37.3 Å². The zero-order valence-corrected chi connectivity index (χ0v) is 17.4. The average molecular weight is 443 g/mol. The van der Waals surface area contributed by atoms with Crippen LogP contribution in [-0.4, -0.2) is 70.7 Å². The van der Waals surface area contributed by atoms with Gasteiger partial charge in [0.2, 0.25) is 0 Å². The van der Waals surface area contributed by atoms with E-state index in [4.69, 9.17) is 18.9 Å². The predicted molar refractivity (Wildman–Crippen MR) is 113 cm³/mol. The number of methoxy groups -OCH3 is 1. The van der Waals surface area contributed by atoms with Gasteiger partial charge in [-0.25, -0.2) is 4.79 Å². The summed E-state index contributed by atoms with van der Waals surface area (Å²) in [5.41, 5.74) is 1.94. The number of esters is 1. The molecule has 1 fully saturated rings. The first-order chi connectivity index (χ1) is 15.5. The highest BCUT2D eigenvalue weighted by molar-refractivity contribution is 5.97. The first-order valence-electron chi connectivity index (χ1n) is 10.2. The summed E-state index contributed by atoms with van der Waals surface area (Å²) < 4.78 is 21.6. The van der Waals surface area contributed by atoms with Crippen molar-refractivity contribution >= 4 is 16.9 Å². The van der Waals surface area contributed by atoms with Gasteiger partial charge < -0.3 is 39.3 Å². The quantitative estimate of drug-likeness (QED) is 0.403. The summed E-state index contributed by atoms with van der Waals surface area (Å²) in [5.74, 6) is -0.136. The Morgan fingerprint density at radius 3 is 2.59 bits per heavy atom. The molecule has 9 heteroatoms. The van der Waals surface area contributed by atoms with Gasteiger partial charge in [-0.1, -0.05) is 30.3 Å². The van der Waals surface area contributed by atoms with Crippen molar-refractivity contribution in [1.29, 1.82) is 0 Å². The maximum Gasteiger partial charge on any atom is 0.338 e. The summed E-state index contributed by atoms with van der Waals surface area (Å²) in [6.07, 6.45) is -4.82. The molecule has 0 saturated carbocycles. The van der Waals surface area contributed by atoms with Gasteiger partial charge >= 0.3 is 5.97 Å². The number of aliphatic hydroxyl groups is 3. The highest BCUT2D eigenvalue weighted by Gasteiger charge is 2.44. The molecule has 0 amide bonds. The largest absolute Gasteiger partial charge is 0.488 e. The first kappa shape index (κ1) is 22.3. The van der Waals surface area contributed by atoms with Crippen LogP contribution in [-0.2, 0) is 20.8 Å². The molecule has 170 valence electrons. The van der Waals surface area contributed by atoms with E-state index in [2.05, 4.69) is 4.98 Å². The van der Waals surface area contributed by atoms with Gasteiger partial charge in [0, 0.05) is 24.2 Å². The number of hydrogen-bond acceptors (Lipinski definition) is 8. The molecule has 2 aromatic carbocycles. The number of benzene rings is 2. The number of carbonyl (C=O) groups is 1. The van der Waals surface area contributed by atoms with E-state index in [1.165, 1.54) is 7.11 Å². The van der Waals surface area contributed by atoms with Gasteiger partial charge in [0.25, 0.3) is 0 Å². The number of H-pyrrole nitrogens is 1. The van der Waals surface area contributed by atoms with Crippen LogP contribution in [0.2, 0.25) is 0 Å². The van der Waals surface area contributed by atoms with Gasteiger partial charge in [0.1, 0.15) is 43.4 Å². The molecule has 4 rings (SSSR count). The van der Waals surface area contributed by atoms with Gasteiger partial charge in [-0.3, -0.25) is 0 Å². The molecule has 1 aliphatic rings. The Labute approximate surface area is 184 Å². The Morgan fingerprint density at radius 1 is 1.06 bits per heavy atom. The lowest BCUT2D eigenvalue weighted by atomic mass is 9.99. The highest BCUT2D eigenvalue weighted by atomic mass is 16.7. The molecule has 5 atom stereocenters. The lowest BCUT2D eigenvalue weighted by Crippen LogP contribution is -2.59. The second kappa shape index (κ2) is 9.68. The molecule has 32 heavy (non-hydrogen) atoms. The molecule has 3 aromatic rings. The normalized spacial score (nSPS) is 25.6. The van der Waals surface area contributed by atoms with Crippen molar-refractivity contribution < 1.29 is 39.1 Å². The summed E-state index contributed by atoms with van der Waals surface area (Å²) in [6.45, 7) is -0.00699. The number of carbonyl (C=O) groups excluding carboxylic acids is 1. The van der Waals surface area contributed by atoms with E-state index in [0.717, 1.165) is 10.9 Å². The average Bonchev–Trinajstić information content (AvgIpc) is 3.30. The number of aromatic nitrogens is 1. The Balaban J connectivity index is 1.46. The maximum absolute atomic E-state index is 12.7. The second-order valence-corrected chi connectivity index (χ2v) is 7.54. The molecule has 1 aromatic heterocycles. The summed E-state index contributed by atoms with van der Waals surface area (Å²) in [6, 6.07) is 14.7. The fraction of sp³-hybridized carbons (Fsp3) is 0.348. The van der Waals surface area contributed by atoms with Crippen LogP contribution in [0.4, 0.5) is 0 Å². The second-order valence-electron chi connectivity index (χ2n) is 7.54. The number of nitrogens with one attached hydrogen (secondary N) is 1. The van der Waals surface area contributed by atoms with Crippen molar-refractivity contribution in [3.63, 3.8) is 0 Å². The van der Waals surface area contributed by atoms with Crippen LogP contribution in [0.25, 0.3) is 10.9 Å². The minimum absolute atomic E-state index is 0.247. The van der Waals surface area contributed by atoms with Crippen molar-refractivity contribution in [1.82, 2.24) is 4.98 Å². The first-order valence-corrected chi connectivity index (χ1v) is 10.2. The number of ether oxygens (including phenoxy) is 4. The lowest BCUT2D eigenvalue weighted by molar-refractivity contribution is -0.294. The number of rotatable bonds is 7. The van der Waals surface area contributed by atoms with E-state index >= 15 is 0 Å². The molecule has 1 aliphatic heterocycles.